The van der Waals surface area contributed by atoms with Crippen LogP contribution in [0.15, 0.2) is 0 Å². The molecule has 0 bridgehead atoms. The first-order chi connectivity index (χ1) is 7.05. The Kier molecular flexibility index (Phi) is 5.06. The van der Waals surface area contributed by atoms with E-state index in [-0.39, 0.29) is 5.75 Å². The van der Waals surface area contributed by atoms with Gasteiger partial charge in [-0.1, -0.05) is 33.1 Å². The van der Waals surface area contributed by atoms with Crippen LogP contribution in [-0.2, 0) is 10.0 Å². The van der Waals surface area contributed by atoms with Gasteiger partial charge in [0.05, 0.1) is 5.75 Å². The molecular weight excluding hydrogens is 210 g/mol. The monoisotopic (exact) mass is 233 g/mol. The quantitative estimate of drug-likeness (QED) is 0.791. The smallest absolute Gasteiger partial charge is 0.211 e. The van der Waals surface area contributed by atoms with Crippen LogP contribution in [0.2, 0.25) is 0 Å². The third-order valence-corrected chi connectivity index (χ3v) is 4.88. The molecule has 0 aromatic rings. The van der Waals surface area contributed by atoms with Gasteiger partial charge >= 0.3 is 0 Å². The molecule has 0 aromatic carbocycles. The molecule has 0 radical (unpaired) electrons. The summed E-state index contributed by atoms with van der Waals surface area (Å²) in [4.78, 5) is 0. The van der Waals surface area contributed by atoms with Gasteiger partial charge in [-0.05, 0) is 24.7 Å². The minimum Gasteiger partial charge on any atom is -0.215 e. The van der Waals surface area contributed by atoms with Gasteiger partial charge in [0.25, 0.3) is 0 Å². The minimum atomic E-state index is -3.00. The van der Waals surface area contributed by atoms with Gasteiger partial charge in [0.15, 0.2) is 0 Å². The summed E-state index contributed by atoms with van der Waals surface area (Å²) in [6.45, 7) is 4.77. The van der Waals surface area contributed by atoms with Gasteiger partial charge in [-0.3, -0.25) is 0 Å². The summed E-state index contributed by atoms with van der Waals surface area (Å²) in [7, 11) is -3.00. The van der Waals surface area contributed by atoms with Crippen molar-refractivity contribution in [3.8, 4) is 0 Å². The molecule has 0 amide bonds. The predicted molar refractivity (Wildman–Crippen MR) is 63.2 cm³/mol. The Hall–Kier alpha value is -0.0900. The van der Waals surface area contributed by atoms with Crippen molar-refractivity contribution in [1.82, 2.24) is 4.72 Å². The molecule has 1 fully saturated rings. The van der Waals surface area contributed by atoms with Crippen LogP contribution < -0.4 is 4.72 Å². The first-order valence-corrected chi connectivity index (χ1v) is 7.67. The van der Waals surface area contributed by atoms with E-state index in [4.69, 9.17) is 0 Å². The molecule has 0 saturated heterocycles. The number of hydrogen-bond donors (Lipinski definition) is 1. The topological polar surface area (TPSA) is 46.2 Å². The van der Waals surface area contributed by atoms with Crippen LogP contribution in [0.25, 0.3) is 0 Å². The number of hydrogen-bond acceptors (Lipinski definition) is 2. The third-order valence-electron chi connectivity index (χ3n) is 3.33. The van der Waals surface area contributed by atoms with E-state index in [1.807, 2.05) is 6.92 Å². The van der Waals surface area contributed by atoms with Gasteiger partial charge in [0, 0.05) is 6.54 Å². The molecule has 0 aromatic heterocycles. The van der Waals surface area contributed by atoms with Crippen molar-refractivity contribution >= 4 is 10.0 Å². The van der Waals surface area contributed by atoms with Crippen molar-refractivity contribution in [3.63, 3.8) is 0 Å². The summed E-state index contributed by atoms with van der Waals surface area (Å²) in [5.74, 6) is 1.47. The summed E-state index contributed by atoms with van der Waals surface area (Å²) in [5.41, 5.74) is 0. The van der Waals surface area contributed by atoms with Gasteiger partial charge in [0.2, 0.25) is 10.0 Å². The average molecular weight is 233 g/mol. The van der Waals surface area contributed by atoms with Crippen LogP contribution in [0.4, 0.5) is 0 Å². The lowest BCUT2D eigenvalue weighted by molar-refractivity contribution is 0.257. The van der Waals surface area contributed by atoms with E-state index < -0.39 is 10.0 Å². The number of nitrogens with one attached hydrogen (secondary N) is 1. The molecule has 1 saturated carbocycles. The summed E-state index contributed by atoms with van der Waals surface area (Å²) in [5, 5.41) is 0. The normalized spacial score (nSPS) is 27.9. The maximum Gasteiger partial charge on any atom is 0.211 e. The van der Waals surface area contributed by atoms with Crippen LogP contribution in [0, 0.1) is 11.8 Å². The molecule has 4 heteroatoms. The van der Waals surface area contributed by atoms with Crippen molar-refractivity contribution < 1.29 is 8.42 Å². The van der Waals surface area contributed by atoms with E-state index in [2.05, 4.69) is 11.6 Å². The van der Waals surface area contributed by atoms with Crippen LogP contribution in [0.3, 0.4) is 0 Å². The van der Waals surface area contributed by atoms with Gasteiger partial charge in [0.1, 0.15) is 0 Å². The molecule has 1 aliphatic rings. The zero-order valence-electron chi connectivity index (χ0n) is 9.83. The Morgan fingerprint density at radius 3 is 2.53 bits per heavy atom. The summed E-state index contributed by atoms with van der Waals surface area (Å²) < 4.78 is 25.7. The highest BCUT2D eigenvalue weighted by Crippen LogP contribution is 2.28. The standard InChI is InChI=1S/C11H23NO2S/c1-3-8-15(13,14)12-9-11-7-5-4-6-10(11)2/h10-12H,3-9H2,1-2H3. The van der Waals surface area contributed by atoms with Crippen molar-refractivity contribution in [1.29, 1.82) is 0 Å². The molecular formula is C11H23NO2S. The van der Waals surface area contributed by atoms with E-state index in [0.717, 1.165) is 0 Å². The Labute approximate surface area is 93.7 Å². The summed E-state index contributed by atoms with van der Waals surface area (Å²) in [6, 6.07) is 0. The SMILES string of the molecule is CCCS(=O)(=O)NCC1CCCCC1C. The first kappa shape index (κ1) is 13.0. The van der Waals surface area contributed by atoms with Crippen LogP contribution in [0.1, 0.15) is 46.0 Å². The second kappa shape index (κ2) is 5.85. The van der Waals surface area contributed by atoms with Gasteiger partial charge < -0.3 is 0 Å². The van der Waals surface area contributed by atoms with Gasteiger partial charge in [-0.15, -0.1) is 0 Å². The lowest BCUT2D eigenvalue weighted by atomic mass is 9.81. The Morgan fingerprint density at radius 2 is 1.93 bits per heavy atom. The number of sulfonamides is 1. The maximum atomic E-state index is 11.5. The predicted octanol–water partition coefficient (Wildman–Crippen LogP) is 2.14. The molecule has 15 heavy (non-hydrogen) atoms. The third kappa shape index (κ3) is 4.51. The molecule has 90 valence electrons. The Balaban J connectivity index is 2.35. The van der Waals surface area contributed by atoms with Crippen molar-refractivity contribution in [2.45, 2.75) is 46.0 Å². The van der Waals surface area contributed by atoms with Crippen LogP contribution >= 0.6 is 0 Å². The molecule has 2 unspecified atom stereocenters. The molecule has 3 nitrogen and oxygen atoms in total. The van der Waals surface area contributed by atoms with Gasteiger partial charge in [-0.25, -0.2) is 13.1 Å². The molecule has 1 N–H and O–H groups in total. The first-order valence-electron chi connectivity index (χ1n) is 6.02. The van der Waals surface area contributed by atoms with Crippen molar-refractivity contribution in [3.05, 3.63) is 0 Å². The highest BCUT2D eigenvalue weighted by Gasteiger charge is 2.22. The summed E-state index contributed by atoms with van der Waals surface area (Å²) >= 11 is 0. The van der Waals surface area contributed by atoms with E-state index in [0.29, 0.717) is 24.8 Å². The molecule has 2 atom stereocenters. The molecule has 0 spiro atoms. The van der Waals surface area contributed by atoms with Gasteiger partial charge in [-0.2, -0.15) is 0 Å². The van der Waals surface area contributed by atoms with E-state index in [1.165, 1.54) is 25.7 Å². The van der Waals surface area contributed by atoms with Crippen LogP contribution in [0.5, 0.6) is 0 Å². The largest absolute Gasteiger partial charge is 0.215 e. The van der Waals surface area contributed by atoms with E-state index in [1.54, 1.807) is 0 Å². The molecule has 0 aliphatic heterocycles. The minimum absolute atomic E-state index is 0.258. The molecule has 1 rings (SSSR count). The maximum absolute atomic E-state index is 11.5. The fourth-order valence-corrected chi connectivity index (χ4v) is 3.42. The fourth-order valence-electron chi connectivity index (χ4n) is 2.27. The van der Waals surface area contributed by atoms with E-state index >= 15 is 0 Å². The number of rotatable bonds is 5. The summed E-state index contributed by atoms with van der Waals surface area (Å²) in [6.07, 6.45) is 5.68. The molecule has 0 heterocycles. The highest BCUT2D eigenvalue weighted by molar-refractivity contribution is 7.89. The highest BCUT2D eigenvalue weighted by atomic mass is 32.2. The second-order valence-electron chi connectivity index (χ2n) is 4.69. The van der Waals surface area contributed by atoms with E-state index in [9.17, 15) is 8.42 Å². The lowest BCUT2D eigenvalue weighted by Crippen LogP contribution is -2.34. The lowest BCUT2D eigenvalue weighted by Gasteiger charge is -2.28. The van der Waals surface area contributed by atoms with Crippen molar-refractivity contribution in [2.75, 3.05) is 12.3 Å². The molecule has 1 aliphatic carbocycles. The second-order valence-corrected chi connectivity index (χ2v) is 6.62. The Bertz CT molecular complexity index is 274. The van der Waals surface area contributed by atoms with Crippen LogP contribution in [-0.4, -0.2) is 20.7 Å². The average Bonchev–Trinajstić information content (AvgIpc) is 2.16. The zero-order chi connectivity index (χ0) is 11.3. The van der Waals surface area contributed by atoms with Crippen molar-refractivity contribution in [2.24, 2.45) is 11.8 Å². The zero-order valence-corrected chi connectivity index (χ0v) is 10.6. The Morgan fingerprint density at radius 1 is 1.27 bits per heavy atom. The fraction of sp³-hybridized carbons (Fsp3) is 1.00.